The van der Waals surface area contributed by atoms with Crippen LogP contribution in [0.1, 0.15) is 24.1 Å². The molecule has 5 nitrogen and oxygen atoms in total. The fourth-order valence-corrected chi connectivity index (χ4v) is 3.44. The molecule has 18 heavy (non-hydrogen) atoms. The van der Waals surface area contributed by atoms with E-state index in [4.69, 9.17) is 10.9 Å². The van der Waals surface area contributed by atoms with Crippen LogP contribution < -0.4 is 11.1 Å². The van der Waals surface area contributed by atoms with E-state index in [1.54, 1.807) is 11.3 Å². The van der Waals surface area contributed by atoms with E-state index in [1.165, 1.54) is 0 Å². The van der Waals surface area contributed by atoms with Gasteiger partial charge in [-0.3, -0.25) is 4.79 Å². The van der Waals surface area contributed by atoms with E-state index in [2.05, 4.69) is 26.4 Å². The molecule has 1 fully saturated rings. The van der Waals surface area contributed by atoms with Crippen molar-refractivity contribution in [3.8, 4) is 0 Å². The third-order valence-electron chi connectivity index (χ3n) is 3.34. The van der Waals surface area contributed by atoms with Crippen LogP contribution in [0.3, 0.4) is 0 Å². The van der Waals surface area contributed by atoms with Gasteiger partial charge in [0.1, 0.15) is 5.41 Å². The van der Waals surface area contributed by atoms with E-state index in [1.807, 2.05) is 11.4 Å². The lowest BCUT2D eigenvalue weighted by Crippen LogP contribution is -2.53. The summed E-state index contributed by atoms with van der Waals surface area (Å²) in [6, 6.07) is 1.94. The van der Waals surface area contributed by atoms with E-state index in [-0.39, 0.29) is 11.7 Å². The molecule has 2 rings (SSSR count). The molecule has 0 atom stereocenters. The Kier molecular flexibility index (Phi) is 3.91. The Morgan fingerprint density at radius 3 is 2.83 bits per heavy atom. The van der Waals surface area contributed by atoms with Crippen molar-refractivity contribution in [3.05, 3.63) is 20.8 Å². The Morgan fingerprint density at radius 2 is 2.39 bits per heavy atom. The van der Waals surface area contributed by atoms with Gasteiger partial charge in [-0.1, -0.05) is 11.6 Å². The lowest BCUT2D eigenvalue weighted by atomic mass is 9.67. The van der Waals surface area contributed by atoms with Crippen LogP contribution in [0.15, 0.2) is 21.1 Å². The Labute approximate surface area is 117 Å². The minimum Gasteiger partial charge on any atom is -0.409 e. The van der Waals surface area contributed by atoms with Crippen LogP contribution in [0, 0.1) is 5.41 Å². The zero-order chi connectivity index (χ0) is 13.2. The predicted octanol–water partition coefficient (Wildman–Crippen LogP) is 2.04. The number of hydrogen-bond acceptors (Lipinski definition) is 4. The number of halogens is 1. The largest absolute Gasteiger partial charge is 0.409 e. The summed E-state index contributed by atoms with van der Waals surface area (Å²) in [4.78, 5) is 13.2. The van der Waals surface area contributed by atoms with Gasteiger partial charge >= 0.3 is 0 Å². The van der Waals surface area contributed by atoms with E-state index < -0.39 is 5.41 Å². The molecule has 0 aromatic carbocycles. The van der Waals surface area contributed by atoms with Crippen molar-refractivity contribution in [2.45, 2.75) is 25.8 Å². The van der Waals surface area contributed by atoms with Crippen LogP contribution in [0.5, 0.6) is 0 Å². The second-order valence-corrected chi connectivity index (χ2v) is 6.15. The SMILES string of the molecule is N/C(=N/O)C1(C(=O)NCc2sccc2Br)CCC1. The normalized spacial score (nSPS) is 18.2. The van der Waals surface area contributed by atoms with Gasteiger partial charge in [0.2, 0.25) is 5.91 Å². The van der Waals surface area contributed by atoms with Crippen LogP contribution in [-0.4, -0.2) is 17.0 Å². The van der Waals surface area contributed by atoms with Crippen LogP contribution in [0.4, 0.5) is 0 Å². The first-order chi connectivity index (χ1) is 8.60. The summed E-state index contributed by atoms with van der Waals surface area (Å²) >= 11 is 4.98. The molecule has 7 heteroatoms. The Bertz CT molecular complexity index is 482. The quantitative estimate of drug-likeness (QED) is 0.341. The molecule has 0 spiro atoms. The van der Waals surface area contributed by atoms with E-state index >= 15 is 0 Å². The molecule has 1 saturated carbocycles. The molecule has 0 radical (unpaired) electrons. The topological polar surface area (TPSA) is 87.7 Å². The van der Waals surface area contributed by atoms with Gasteiger partial charge in [0.15, 0.2) is 5.84 Å². The second-order valence-electron chi connectivity index (χ2n) is 4.30. The highest BCUT2D eigenvalue weighted by Crippen LogP contribution is 2.41. The number of carbonyl (C=O) groups excluding carboxylic acids is 1. The maximum atomic E-state index is 12.2. The summed E-state index contributed by atoms with van der Waals surface area (Å²) in [5.41, 5.74) is 4.82. The Balaban J connectivity index is 2.01. The number of carbonyl (C=O) groups is 1. The van der Waals surface area contributed by atoms with E-state index in [9.17, 15) is 4.79 Å². The smallest absolute Gasteiger partial charge is 0.234 e. The first kappa shape index (κ1) is 13.4. The summed E-state index contributed by atoms with van der Waals surface area (Å²) in [6.07, 6.45) is 2.20. The number of amides is 1. The average Bonchev–Trinajstić information content (AvgIpc) is 2.70. The third kappa shape index (κ3) is 2.24. The second kappa shape index (κ2) is 5.27. The highest BCUT2D eigenvalue weighted by Gasteiger charge is 2.48. The molecule has 1 aromatic heterocycles. The average molecular weight is 332 g/mol. The standard InChI is InChI=1S/C11H14BrN3O2S/c12-7-2-5-18-8(7)6-14-10(16)11(3-1-4-11)9(13)15-17/h2,5,17H,1,3-4,6H2,(H2,13,15)(H,14,16). The van der Waals surface area contributed by atoms with Crippen molar-refractivity contribution in [1.29, 1.82) is 0 Å². The lowest BCUT2D eigenvalue weighted by molar-refractivity contribution is -0.131. The van der Waals surface area contributed by atoms with Gasteiger partial charge < -0.3 is 16.3 Å². The first-order valence-corrected chi connectivity index (χ1v) is 7.25. The summed E-state index contributed by atoms with van der Waals surface area (Å²) in [7, 11) is 0. The van der Waals surface area contributed by atoms with Gasteiger partial charge in [0.25, 0.3) is 0 Å². The molecular formula is C11H14BrN3O2S. The summed E-state index contributed by atoms with van der Waals surface area (Å²) in [5, 5.41) is 16.6. The molecule has 98 valence electrons. The van der Waals surface area contributed by atoms with Gasteiger partial charge in [0.05, 0.1) is 6.54 Å². The van der Waals surface area contributed by atoms with Crippen molar-refractivity contribution in [2.75, 3.05) is 0 Å². The number of rotatable bonds is 4. The number of oxime groups is 1. The molecule has 1 aliphatic carbocycles. The summed E-state index contributed by atoms with van der Waals surface area (Å²) < 4.78 is 0.985. The summed E-state index contributed by atoms with van der Waals surface area (Å²) in [5.74, 6) is -0.152. The van der Waals surface area contributed by atoms with Crippen LogP contribution in [0.25, 0.3) is 0 Å². The number of hydrogen-bond donors (Lipinski definition) is 3. The van der Waals surface area contributed by atoms with E-state index in [0.717, 1.165) is 15.8 Å². The molecule has 1 amide bonds. The lowest BCUT2D eigenvalue weighted by Gasteiger charge is -2.38. The zero-order valence-corrected chi connectivity index (χ0v) is 12.1. The fourth-order valence-electron chi connectivity index (χ4n) is 2.01. The molecule has 0 saturated heterocycles. The van der Waals surface area contributed by atoms with Crippen molar-refractivity contribution < 1.29 is 10.0 Å². The minimum atomic E-state index is -0.807. The molecule has 0 aliphatic heterocycles. The van der Waals surface area contributed by atoms with Crippen LogP contribution in [0.2, 0.25) is 0 Å². The highest BCUT2D eigenvalue weighted by atomic mass is 79.9. The number of nitrogens with one attached hydrogen (secondary N) is 1. The van der Waals surface area contributed by atoms with Crippen molar-refractivity contribution in [1.82, 2.24) is 5.32 Å². The highest BCUT2D eigenvalue weighted by molar-refractivity contribution is 9.10. The maximum absolute atomic E-state index is 12.2. The van der Waals surface area contributed by atoms with Crippen molar-refractivity contribution in [2.24, 2.45) is 16.3 Å². The maximum Gasteiger partial charge on any atom is 0.234 e. The van der Waals surface area contributed by atoms with Crippen LogP contribution >= 0.6 is 27.3 Å². The third-order valence-corrected chi connectivity index (χ3v) is 5.27. The molecule has 1 aromatic rings. The van der Waals surface area contributed by atoms with Crippen molar-refractivity contribution in [3.63, 3.8) is 0 Å². The molecule has 1 heterocycles. The predicted molar refractivity (Wildman–Crippen MR) is 73.6 cm³/mol. The van der Waals surface area contributed by atoms with Crippen molar-refractivity contribution >= 4 is 39.0 Å². The molecule has 4 N–H and O–H groups in total. The van der Waals surface area contributed by atoms with Gasteiger partial charge in [-0.2, -0.15) is 0 Å². The van der Waals surface area contributed by atoms with Gasteiger partial charge in [-0.15, -0.1) is 11.3 Å². The minimum absolute atomic E-state index is 0.0106. The monoisotopic (exact) mass is 331 g/mol. The van der Waals surface area contributed by atoms with Gasteiger partial charge in [-0.05, 0) is 40.2 Å². The molecule has 0 unspecified atom stereocenters. The fraction of sp³-hybridized carbons (Fsp3) is 0.455. The molecular weight excluding hydrogens is 318 g/mol. The van der Waals surface area contributed by atoms with Crippen LogP contribution in [-0.2, 0) is 11.3 Å². The van der Waals surface area contributed by atoms with Gasteiger partial charge in [0, 0.05) is 9.35 Å². The Hall–Kier alpha value is -1.08. The first-order valence-electron chi connectivity index (χ1n) is 5.58. The van der Waals surface area contributed by atoms with E-state index in [0.29, 0.717) is 19.4 Å². The zero-order valence-electron chi connectivity index (χ0n) is 9.65. The molecule has 1 aliphatic rings. The number of thiophene rings is 1. The number of nitrogens with two attached hydrogens (primary N) is 1. The molecule has 0 bridgehead atoms. The number of nitrogens with zero attached hydrogens (tertiary/aromatic N) is 1. The Morgan fingerprint density at radius 1 is 1.67 bits per heavy atom. The van der Waals surface area contributed by atoms with Gasteiger partial charge in [-0.25, -0.2) is 0 Å². The number of amidine groups is 1. The summed E-state index contributed by atoms with van der Waals surface area (Å²) in [6.45, 7) is 0.456.